The van der Waals surface area contributed by atoms with Crippen LogP contribution < -0.4 is 5.32 Å². The van der Waals surface area contributed by atoms with E-state index in [1.165, 1.54) is 26.0 Å². The minimum absolute atomic E-state index is 0.121. The predicted molar refractivity (Wildman–Crippen MR) is 77.4 cm³/mol. The summed E-state index contributed by atoms with van der Waals surface area (Å²) < 4.78 is 22.6. The molecule has 0 aliphatic carbocycles. The summed E-state index contributed by atoms with van der Waals surface area (Å²) in [6.45, 7) is 3.18. The minimum atomic E-state index is -3.24. The first kappa shape index (κ1) is 17.2. The Balaban J connectivity index is 2.60. The van der Waals surface area contributed by atoms with Crippen molar-refractivity contribution in [3.05, 3.63) is 29.8 Å². The highest BCUT2D eigenvalue weighted by molar-refractivity contribution is 7.90. The third kappa shape index (κ3) is 5.18. The zero-order chi connectivity index (χ0) is 16.3. The van der Waals surface area contributed by atoms with Gasteiger partial charge in [-0.3, -0.25) is 9.59 Å². The summed E-state index contributed by atoms with van der Waals surface area (Å²) in [4.78, 5) is 22.8. The van der Waals surface area contributed by atoms with Crippen molar-refractivity contribution in [2.45, 2.75) is 31.7 Å². The van der Waals surface area contributed by atoms with Gasteiger partial charge in [-0.15, -0.1) is 0 Å². The third-order valence-corrected chi connectivity index (χ3v) is 4.15. The van der Waals surface area contributed by atoms with E-state index in [-0.39, 0.29) is 23.8 Å². The van der Waals surface area contributed by atoms with Crippen LogP contribution in [0.25, 0.3) is 0 Å². The Labute approximate surface area is 124 Å². The number of benzene rings is 1. The van der Waals surface area contributed by atoms with Gasteiger partial charge in [0.1, 0.15) is 0 Å². The molecule has 21 heavy (non-hydrogen) atoms. The molecule has 0 aliphatic rings. The normalized spacial score (nSPS) is 12.0. The smallest absolute Gasteiger partial charge is 0.309 e. The molecular weight excluding hydrogens is 294 g/mol. The van der Waals surface area contributed by atoms with Gasteiger partial charge in [0.15, 0.2) is 9.84 Å². The molecule has 116 valence electrons. The molecule has 0 radical (unpaired) electrons. The van der Waals surface area contributed by atoms with Crippen LogP contribution in [0.15, 0.2) is 29.2 Å². The molecule has 7 heteroatoms. The number of carboxylic acid groups (broad SMARTS) is 1. The van der Waals surface area contributed by atoms with Crippen LogP contribution in [0.2, 0.25) is 0 Å². The van der Waals surface area contributed by atoms with E-state index in [4.69, 9.17) is 5.11 Å². The maximum absolute atomic E-state index is 11.7. The zero-order valence-electron chi connectivity index (χ0n) is 12.2. The second-order valence-corrected chi connectivity index (χ2v) is 7.57. The van der Waals surface area contributed by atoms with Gasteiger partial charge in [-0.25, -0.2) is 8.42 Å². The third-order valence-electron chi connectivity index (χ3n) is 3.02. The van der Waals surface area contributed by atoms with Crippen LogP contribution in [0.3, 0.4) is 0 Å². The maximum Gasteiger partial charge on any atom is 0.309 e. The second kappa shape index (κ2) is 6.26. The van der Waals surface area contributed by atoms with E-state index in [1.807, 2.05) is 0 Å². The molecule has 0 saturated carbocycles. The largest absolute Gasteiger partial charge is 0.481 e. The lowest BCUT2D eigenvalue weighted by Gasteiger charge is -2.18. The molecule has 1 rings (SSSR count). The number of hydrogen-bond donors (Lipinski definition) is 2. The zero-order valence-corrected chi connectivity index (χ0v) is 13.0. The summed E-state index contributed by atoms with van der Waals surface area (Å²) in [6, 6.07) is 6.16. The van der Waals surface area contributed by atoms with Gasteiger partial charge >= 0.3 is 5.97 Å². The van der Waals surface area contributed by atoms with Gasteiger partial charge in [0, 0.05) is 19.2 Å². The van der Waals surface area contributed by atoms with Crippen LogP contribution in [-0.2, 0) is 26.0 Å². The number of amides is 1. The molecule has 0 atom stereocenters. The van der Waals surface area contributed by atoms with Gasteiger partial charge < -0.3 is 10.4 Å². The van der Waals surface area contributed by atoms with Gasteiger partial charge in [-0.2, -0.15) is 0 Å². The number of hydrogen-bond acceptors (Lipinski definition) is 4. The van der Waals surface area contributed by atoms with Crippen LogP contribution in [0, 0.1) is 5.41 Å². The van der Waals surface area contributed by atoms with Crippen molar-refractivity contribution in [3.8, 4) is 0 Å². The van der Waals surface area contributed by atoms with E-state index in [9.17, 15) is 18.0 Å². The number of sulfone groups is 1. The van der Waals surface area contributed by atoms with Crippen LogP contribution in [0.4, 0.5) is 0 Å². The topological polar surface area (TPSA) is 101 Å². The lowest BCUT2D eigenvalue weighted by atomic mass is 9.89. The monoisotopic (exact) mass is 313 g/mol. The molecule has 1 aromatic rings. The summed E-state index contributed by atoms with van der Waals surface area (Å²) >= 11 is 0. The van der Waals surface area contributed by atoms with Crippen LogP contribution in [0.5, 0.6) is 0 Å². The summed E-state index contributed by atoms with van der Waals surface area (Å²) in [6.07, 6.45) is 1.00. The Bertz CT molecular complexity index is 632. The molecule has 1 aromatic carbocycles. The van der Waals surface area contributed by atoms with Crippen molar-refractivity contribution >= 4 is 21.7 Å². The average molecular weight is 313 g/mol. The number of carbonyl (C=O) groups excluding carboxylic acids is 1. The molecule has 2 N–H and O–H groups in total. The average Bonchev–Trinajstić information content (AvgIpc) is 2.35. The highest BCUT2D eigenvalue weighted by atomic mass is 32.2. The van der Waals surface area contributed by atoms with Crippen molar-refractivity contribution in [2.75, 3.05) is 6.26 Å². The maximum atomic E-state index is 11.7. The van der Waals surface area contributed by atoms with Crippen LogP contribution in [0.1, 0.15) is 25.8 Å². The predicted octanol–water partition coefficient (Wildman–Crippen LogP) is 1.21. The molecule has 6 nitrogen and oxygen atoms in total. The first-order valence-electron chi connectivity index (χ1n) is 6.31. The first-order chi connectivity index (χ1) is 9.52. The van der Waals surface area contributed by atoms with Crippen molar-refractivity contribution in [2.24, 2.45) is 5.41 Å². The molecule has 1 amide bonds. The highest BCUT2D eigenvalue weighted by Crippen LogP contribution is 2.20. The fourth-order valence-corrected chi connectivity index (χ4v) is 2.23. The van der Waals surface area contributed by atoms with Gasteiger partial charge in [-0.05, 0) is 31.5 Å². The Morgan fingerprint density at radius 2 is 1.71 bits per heavy atom. The van der Waals surface area contributed by atoms with E-state index in [0.717, 1.165) is 11.8 Å². The number of rotatable bonds is 6. The van der Waals surface area contributed by atoms with Crippen molar-refractivity contribution in [1.82, 2.24) is 5.32 Å². The lowest BCUT2D eigenvalue weighted by Crippen LogP contribution is -2.33. The van der Waals surface area contributed by atoms with E-state index in [1.54, 1.807) is 12.1 Å². The van der Waals surface area contributed by atoms with Crippen molar-refractivity contribution in [3.63, 3.8) is 0 Å². The number of carbonyl (C=O) groups is 2. The number of carboxylic acids is 1. The van der Waals surface area contributed by atoms with E-state index in [2.05, 4.69) is 5.32 Å². The first-order valence-corrected chi connectivity index (χ1v) is 8.20. The molecule has 0 unspecified atom stereocenters. The highest BCUT2D eigenvalue weighted by Gasteiger charge is 2.29. The Morgan fingerprint density at radius 1 is 1.19 bits per heavy atom. The minimum Gasteiger partial charge on any atom is -0.481 e. The van der Waals surface area contributed by atoms with Gasteiger partial charge in [0.25, 0.3) is 0 Å². The Hall–Kier alpha value is -1.89. The Kier molecular flexibility index (Phi) is 5.11. The summed E-state index contributed by atoms with van der Waals surface area (Å²) in [7, 11) is -3.24. The fraction of sp³-hybridized carbons (Fsp3) is 0.429. The van der Waals surface area contributed by atoms with E-state index in [0.29, 0.717) is 0 Å². The molecule has 0 heterocycles. The van der Waals surface area contributed by atoms with Crippen LogP contribution >= 0.6 is 0 Å². The summed E-state index contributed by atoms with van der Waals surface area (Å²) in [5, 5.41) is 11.6. The van der Waals surface area contributed by atoms with Crippen molar-refractivity contribution in [1.29, 1.82) is 0 Å². The van der Waals surface area contributed by atoms with Gasteiger partial charge in [-0.1, -0.05) is 12.1 Å². The number of aliphatic carboxylic acids is 1. The van der Waals surface area contributed by atoms with Crippen molar-refractivity contribution < 1.29 is 23.1 Å². The second-order valence-electron chi connectivity index (χ2n) is 5.56. The molecular formula is C14H19NO5S. The molecule has 0 bridgehead atoms. The molecule has 0 aromatic heterocycles. The van der Waals surface area contributed by atoms with Gasteiger partial charge in [0.05, 0.1) is 10.3 Å². The summed E-state index contributed by atoms with van der Waals surface area (Å²) in [5.41, 5.74) is -0.381. The number of nitrogens with one attached hydrogen (secondary N) is 1. The summed E-state index contributed by atoms with van der Waals surface area (Å²) in [5.74, 6) is -1.40. The fourth-order valence-electron chi connectivity index (χ4n) is 1.59. The molecule has 0 saturated heterocycles. The van der Waals surface area contributed by atoms with Gasteiger partial charge in [0.2, 0.25) is 5.91 Å². The van der Waals surface area contributed by atoms with E-state index >= 15 is 0 Å². The molecule has 0 spiro atoms. The quantitative estimate of drug-likeness (QED) is 0.822. The van der Waals surface area contributed by atoms with Crippen LogP contribution in [-0.4, -0.2) is 31.7 Å². The van der Waals surface area contributed by atoms with E-state index < -0.39 is 21.2 Å². The Morgan fingerprint density at radius 3 is 2.14 bits per heavy atom. The lowest BCUT2D eigenvalue weighted by molar-refractivity contribution is -0.149. The standard InChI is InChI=1S/C14H19NO5S/c1-14(2,13(17)18)8-12(16)15-9-10-4-6-11(7-5-10)21(3,19)20/h4-7H,8-9H2,1-3H3,(H,15,16)(H,17,18). The molecule has 0 fully saturated rings. The SMILES string of the molecule is CC(C)(CC(=O)NCc1ccc(S(C)(=O)=O)cc1)C(=O)O. The molecule has 0 aliphatic heterocycles.